The maximum Gasteiger partial charge on any atom is 0.247 e. The van der Waals surface area contributed by atoms with Gasteiger partial charge in [0.15, 0.2) is 0 Å². The first kappa shape index (κ1) is 16.4. The minimum Gasteiger partial charge on any atom is -0.379 e. The second-order valence-corrected chi connectivity index (χ2v) is 8.23. The van der Waals surface area contributed by atoms with Gasteiger partial charge in [-0.2, -0.15) is 0 Å². The number of thiophene rings is 1. The highest BCUT2D eigenvalue weighted by atomic mass is 32.2. The molecule has 1 aromatic rings. The molecule has 0 saturated heterocycles. The number of sulfonamides is 1. The van der Waals surface area contributed by atoms with Crippen molar-refractivity contribution in [1.82, 2.24) is 4.90 Å². The van der Waals surface area contributed by atoms with Gasteiger partial charge in [0.2, 0.25) is 15.9 Å². The average Bonchev–Trinajstić information content (AvgIpc) is 3.10. The van der Waals surface area contributed by atoms with Crippen LogP contribution in [0.1, 0.15) is 17.7 Å². The van der Waals surface area contributed by atoms with Gasteiger partial charge in [-0.1, -0.05) is 0 Å². The smallest absolute Gasteiger partial charge is 0.247 e. The molecule has 1 aliphatic carbocycles. The molecule has 2 N–H and O–H groups in total. The third-order valence-corrected chi connectivity index (χ3v) is 5.81. The SMILES string of the molecule is CN(CCOCC1CC1)C(=O)Cc1ccc(S(N)(=O)=O)s1. The summed E-state index contributed by atoms with van der Waals surface area (Å²) in [6.07, 6.45) is 2.68. The summed E-state index contributed by atoms with van der Waals surface area (Å²) in [4.78, 5) is 14.3. The molecule has 1 heterocycles. The van der Waals surface area contributed by atoms with Crippen LogP contribution in [-0.4, -0.2) is 46.0 Å². The van der Waals surface area contributed by atoms with Gasteiger partial charge < -0.3 is 9.64 Å². The highest BCUT2D eigenvalue weighted by Crippen LogP contribution is 2.28. The lowest BCUT2D eigenvalue weighted by Gasteiger charge is -2.16. The minimum absolute atomic E-state index is 0.0622. The van der Waals surface area contributed by atoms with Crippen molar-refractivity contribution >= 4 is 27.3 Å². The Morgan fingerprint density at radius 2 is 2.19 bits per heavy atom. The predicted molar refractivity (Wildman–Crippen MR) is 80.6 cm³/mol. The fourth-order valence-corrected chi connectivity index (χ4v) is 3.52. The second kappa shape index (κ2) is 6.87. The Kier molecular flexibility index (Phi) is 5.37. The first-order chi connectivity index (χ1) is 9.86. The highest BCUT2D eigenvalue weighted by Gasteiger charge is 2.21. The van der Waals surface area contributed by atoms with Crippen LogP contribution in [0.2, 0.25) is 0 Å². The van der Waals surface area contributed by atoms with Crippen LogP contribution in [-0.2, 0) is 26.0 Å². The molecular formula is C13H20N2O4S2. The number of hydrogen-bond donors (Lipinski definition) is 1. The summed E-state index contributed by atoms with van der Waals surface area (Å²) in [6, 6.07) is 3.06. The van der Waals surface area contributed by atoms with Crippen molar-refractivity contribution in [2.75, 3.05) is 26.8 Å². The number of likely N-dealkylation sites (N-methyl/N-ethyl adjacent to an activating group) is 1. The lowest BCUT2D eigenvalue weighted by atomic mass is 10.3. The molecule has 0 aliphatic heterocycles. The van der Waals surface area contributed by atoms with E-state index in [1.165, 1.54) is 18.9 Å². The van der Waals surface area contributed by atoms with E-state index >= 15 is 0 Å². The number of amides is 1. The third kappa shape index (κ3) is 5.39. The van der Waals surface area contributed by atoms with Crippen molar-refractivity contribution in [2.24, 2.45) is 11.1 Å². The minimum atomic E-state index is -3.68. The summed E-state index contributed by atoms with van der Waals surface area (Å²) in [5.41, 5.74) is 0. The predicted octanol–water partition coefficient (Wildman–Crippen LogP) is 0.823. The van der Waals surface area contributed by atoms with Gasteiger partial charge >= 0.3 is 0 Å². The third-order valence-electron chi connectivity index (χ3n) is 3.29. The molecule has 1 amide bonds. The lowest BCUT2D eigenvalue weighted by Crippen LogP contribution is -2.31. The van der Waals surface area contributed by atoms with Crippen molar-refractivity contribution in [3.05, 3.63) is 17.0 Å². The Morgan fingerprint density at radius 3 is 2.76 bits per heavy atom. The number of primary sulfonamides is 1. The van der Waals surface area contributed by atoms with Gasteiger partial charge in [-0.25, -0.2) is 13.6 Å². The molecule has 1 aliphatic rings. The molecule has 0 bridgehead atoms. The van der Waals surface area contributed by atoms with Gasteiger partial charge in [-0.15, -0.1) is 11.3 Å². The van der Waals surface area contributed by atoms with Crippen LogP contribution in [0.25, 0.3) is 0 Å². The second-order valence-electron chi connectivity index (χ2n) is 5.28. The molecule has 2 rings (SSSR count). The molecular weight excluding hydrogens is 312 g/mol. The van der Waals surface area contributed by atoms with E-state index in [4.69, 9.17) is 9.88 Å². The molecule has 118 valence electrons. The number of rotatable bonds is 8. The number of carbonyl (C=O) groups is 1. The Labute approximate surface area is 128 Å². The van der Waals surface area contributed by atoms with Crippen LogP contribution in [0, 0.1) is 5.92 Å². The number of carbonyl (C=O) groups excluding carboxylic acids is 1. The fraction of sp³-hybridized carbons (Fsp3) is 0.615. The van der Waals surface area contributed by atoms with E-state index in [1.807, 2.05) is 0 Å². The Balaban J connectivity index is 1.75. The Bertz CT molecular complexity index is 593. The van der Waals surface area contributed by atoms with Gasteiger partial charge in [0.05, 0.1) is 13.0 Å². The summed E-state index contributed by atoms with van der Waals surface area (Å²) < 4.78 is 27.9. The number of ether oxygens (including phenoxy) is 1. The van der Waals surface area contributed by atoms with E-state index in [-0.39, 0.29) is 16.5 Å². The molecule has 0 radical (unpaired) electrons. The van der Waals surface area contributed by atoms with E-state index in [2.05, 4.69) is 0 Å². The number of nitrogens with two attached hydrogens (primary N) is 1. The standard InChI is InChI=1S/C13H20N2O4S2/c1-15(6-7-19-9-10-2-3-10)12(16)8-11-4-5-13(20-11)21(14,17)18/h4-5,10H,2-3,6-9H2,1H3,(H2,14,17,18). The quantitative estimate of drug-likeness (QED) is 0.714. The molecule has 21 heavy (non-hydrogen) atoms. The molecule has 0 atom stereocenters. The van der Waals surface area contributed by atoms with Gasteiger partial charge in [0, 0.05) is 25.1 Å². The number of hydrogen-bond acceptors (Lipinski definition) is 5. The van der Waals surface area contributed by atoms with Gasteiger partial charge in [0.25, 0.3) is 0 Å². The summed E-state index contributed by atoms with van der Waals surface area (Å²) in [5, 5.41) is 5.04. The summed E-state index contributed by atoms with van der Waals surface area (Å²) in [6.45, 7) is 1.86. The zero-order valence-corrected chi connectivity index (χ0v) is 13.6. The van der Waals surface area contributed by atoms with Crippen molar-refractivity contribution in [3.63, 3.8) is 0 Å². The molecule has 6 nitrogen and oxygen atoms in total. The van der Waals surface area contributed by atoms with Crippen molar-refractivity contribution in [3.8, 4) is 0 Å². The highest BCUT2D eigenvalue weighted by molar-refractivity contribution is 7.91. The van der Waals surface area contributed by atoms with Crippen LogP contribution in [0.5, 0.6) is 0 Å². The Morgan fingerprint density at radius 1 is 1.48 bits per heavy atom. The van der Waals surface area contributed by atoms with Crippen LogP contribution < -0.4 is 5.14 Å². The molecule has 1 saturated carbocycles. The maximum atomic E-state index is 12.0. The lowest BCUT2D eigenvalue weighted by molar-refractivity contribution is -0.129. The molecule has 1 fully saturated rings. The molecule has 8 heteroatoms. The number of nitrogens with zero attached hydrogens (tertiary/aromatic N) is 1. The molecule has 0 spiro atoms. The van der Waals surface area contributed by atoms with Gasteiger partial charge in [-0.3, -0.25) is 4.79 Å². The van der Waals surface area contributed by atoms with E-state index < -0.39 is 10.0 Å². The van der Waals surface area contributed by atoms with Gasteiger partial charge in [0.1, 0.15) is 4.21 Å². The van der Waals surface area contributed by atoms with Crippen molar-refractivity contribution < 1.29 is 17.9 Å². The van der Waals surface area contributed by atoms with Crippen molar-refractivity contribution in [2.45, 2.75) is 23.5 Å². The van der Waals surface area contributed by atoms with E-state index in [0.29, 0.717) is 23.9 Å². The molecule has 1 aromatic heterocycles. The van der Waals surface area contributed by atoms with Crippen LogP contribution >= 0.6 is 11.3 Å². The monoisotopic (exact) mass is 332 g/mol. The van der Waals surface area contributed by atoms with E-state index in [1.54, 1.807) is 18.0 Å². The first-order valence-electron chi connectivity index (χ1n) is 6.79. The summed E-state index contributed by atoms with van der Waals surface area (Å²) >= 11 is 1.03. The normalized spacial score (nSPS) is 15.1. The first-order valence-corrected chi connectivity index (χ1v) is 9.16. The van der Waals surface area contributed by atoms with Crippen LogP contribution in [0.15, 0.2) is 16.3 Å². The Hall–Kier alpha value is -0.960. The summed E-state index contributed by atoms with van der Waals surface area (Å²) in [5.74, 6) is 0.654. The molecule has 0 unspecified atom stereocenters. The van der Waals surface area contributed by atoms with Crippen molar-refractivity contribution in [1.29, 1.82) is 0 Å². The maximum absolute atomic E-state index is 12.0. The average molecular weight is 332 g/mol. The topological polar surface area (TPSA) is 89.7 Å². The molecule has 0 aromatic carbocycles. The fourth-order valence-electron chi connectivity index (χ4n) is 1.75. The summed E-state index contributed by atoms with van der Waals surface area (Å²) in [7, 11) is -1.97. The van der Waals surface area contributed by atoms with Crippen LogP contribution in [0.3, 0.4) is 0 Å². The van der Waals surface area contributed by atoms with Crippen LogP contribution in [0.4, 0.5) is 0 Å². The largest absolute Gasteiger partial charge is 0.379 e. The van der Waals surface area contributed by atoms with Gasteiger partial charge in [-0.05, 0) is 30.9 Å². The zero-order valence-electron chi connectivity index (χ0n) is 11.9. The zero-order chi connectivity index (χ0) is 15.5. The van der Waals surface area contributed by atoms with E-state index in [9.17, 15) is 13.2 Å². The van der Waals surface area contributed by atoms with E-state index in [0.717, 1.165) is 17.9 Å².